The van der Waals surface area contributed by atoms with Crippen LogP contribution in [-0.2, 0) is 18.4 Å². The van der Waals surface area contributed by atoms with Crippen molar-refractivity contribution < 1.29 is 4.79 Å². The summed E-state index contributed by atoms with van der Waals surface area (Å²) in [5.41, 5.74) is 12.5. The molecule has 1 unspecified atom stereocenters. The van der Waals surface area contributed by atoms with Crippen LogP contribution in [0.5, 0.6) is 0 Å². The number of aryl methyl sites for hydroxylation is 1. The Balaban J connectivity index is 2.07. The monoisotopic (exact) mass is 474 g/mol. The van der Waals surface area contributed by atoms with Crippen LogP contribution in [0.2, 0.25) is 0 Å². The van der Waals surface area contributed by atoms with Gasteiger partial charge in [-0.05, 0) is 65.6 Å². The second-order valence-corrected chi connectivity index (χ2v) is 10.6. The molecule has 5 nitrogen and oxygen atoms in total. The molecule has 0 saturated heterocycles. The van der Waals surface area contributed by atoms with Crippen LogP contribution in [0.15, 0.2) is 55.0 Å². The lowest BCUT2D eigenvalue weighted by atomic mass is 9.83. The number of unbranched alkanes of at least 4 members (excludes halogenated alkanes) is 2. The quantitative estimate of drug-likeness (QED) is 0.313. The van der Waals surface area contributed by atoms with Crippen molar-refractivity contribution in [1.82, 2.24) is 14.9 Å². The number of primary amides is 1. The molecule has 3 N–H and O–H groups in total. The Morgan fingerprint density at radius 2 is 1.77 bits per heavy atom. The highest BCUT2D eigenvalue weighted by Crippen LogP contribution is 2.35. The zero-order chi connectivity index (χ0) is 25.4. The molecule has 0 radical (unpaired) electrons. The van der Waals surface area contributed by atoms with Gasteiger partial charge in [-0.2, -0.15) is 0 Å². The van der Waals surface area contributed by atoms with E-state index >= 15 is 0 Å². The number of H-pyrrole nitrogens is 1. The maximum atomic E-state index is 11.5. The van der Waals surface area contributed by atoms with Gasteiger partial charge >= 0.3 is 0 Å². The molecular formula is C30H42N4O. The number of nitrogens with two attached hydrogens (primary N) is 1. The third-order valence-corrected chi connectivity index (χ3v) is 6.71. The maximum Gasteiger partial charge on any atom is 0.248 e. The number of nitrogens with one attached hydrogen (secondary N) is 1. The summed E-state index contributed by atoms with van der Waals surface area (Å²) in [6.07, 6.45) is 9.36. The van der Waals surface area contributed by atoms with Crippen molar-refractivity contribution in [3.8, 4) is 0 Å². The summed E-state index contributed by atoms with van der Waals surface area (Å²) in [5, 5.41) is 0. The smallest absolute Gasteiger partial charge is 0.248 e. The molecule has 0 bridgehead atoms. The zero-order valence-corrected chi connectivity index (χ0v) is 22.1. The lowest BCUT2D eigenvalue weighted by Gasteiger charge is -2.34. The molecule has 1 aromatic heterocycles. The van der Waals surface area contributed by atoms with Crippen molar-refractivity contribution in [2.24, 2.45) is 5.73 Å². The number of hydrogen-bond acceptors (Lipinski definition) is 3. The average Bonchev–Trinajstić information content (AvgIpc) is 3.36. The highest BCUT2D eigenvalue weighted by Gasteiger charge is 2.27. The zero-order valence-electron chi connectivity index (χ0n) is 22.1. The molecule has 0 fully saturated rings. The number of aromatic nitrogens is 2. The number of rotatable bonds is 12. The first-order valence-corrected chi connectivity index (χ1v) is 13.0. The number of benzene rings is 2. The summed E-state index contributed by atoms with van der Waals surface area (Å²) in [7, 11) is 0. The minimum absolute atomic E-state index is 0.0701. The van der Waals surface area contributed by atoms with Crippen molar-refractivity contribution in [1.29, 1.82) is 0 Å². The SMILES string of the molecule is CCCCc1cc(C(C)(C)C)ccc1C(c1cnc[nH]1)N(CCCC)Cc1ccc(C(N)=O)cc1. The number of imidazole rings is 1. The number of carbonyl (C=O) groups excluding carboxylic acids is 1. The highest BCUT2D eigenvalue weighted by molar-refractivity contribution is 5.92. The molecule has 5 heteroatoms. The van der Waals surface area contributed by atoms with Crippen molar-refractivity contribution in [2.45, 2.75) is 84.7 Å². The Bertz CT molecular complexity index is 1060. The van der Waals surface area contributed by atoms with E-state index < -0.39 is 5.91 Å². The van der Waals surface area contributed by atoms with Crippen LogP contribution in [0.1, 0.15) is 105 Å². The second-order valence-electron chi connectivity index (χ2n) is 10.6. The van der Waals surface area contributed by atoms with Crippen molar-refractivity contribution in [2.75, 3.05) is 6.54 Å². The molecular weight excluding hydrogens is 432 g/mol. The molecule has 0 aliphatic heterocycles. The van der Waals surface area contributed by atoms with Crippen LogP contribution in [0, 0.1) is 0 Å². The van der Waals surface area contributed by atoms with Gasteiger partial charge in [-0.1, -0.05) is 77.8 Å². The number of amides is 1. The fourth-order valence-corrected chi connectivity index (χ4v) is 4.57. The van der Waals surface area contributed by atoms with Gasteiger partial charge in [0.25, 0.3) is 0 Å². The number of hydrogen-bond donors (Lipinski definition) is 2. The third-order valence-electron chi connectivity index (χ3n) is 6.71. The van der Waals surface area contributed by atoms with E-state index in [2.05, 4.69) is 67.7 Å². The molecule has 1 amide bonds. The van der Waals surface area contributed by atoms with Crippen LogP contribution in [0.3, 0.4) is 0 Å². The third kappa shape index (κ3) is 7.04. The second kappa shape index (κ2) is 12.2. The number of nitrogens with zero attached hydrogens (tertiary/aromatic N) is 2. The van der Waals surface area contributed by atoms with E-state index in [0.717, 1.165) is 43.6 Å². The fourth-order valence-electron chi connectivity index (χ4n) is 4.57. The Labute approximate surface area is 211 Å². The molecule has 0 aliphatic rings. The molecule has 2 aromatic carbocycles. The van der Waals surface area contributed by atoms with Crippen LogP contribution >= 0.6 is 0 Å². The normalized spacial score (nSPS) is 12.7. The van der Waals surface area contributed by atoms with E-state index in [4.69, 9.17) is 5.73 Å². The molecule has 3 rings (SSSR count). The highest BCUT2D eigenvalue weighted by atomic mass is 16.1. The van der Waals surface area contributed by atoms with Crippen LogP contribution in [0.25, 0.3) is 0 Å². The minimum atomic E-state index is -0.394. The van der Waals surface area contributed by atoms with E-state index in [9.17, 15) is 4.79 Å². The van der Waals surface area contributed by atoms with Gasteiger partial charge < -0.3 is 10.7 Å². The van der Waals surface area contributed by atoms with Gasteiger partial charge in [0.1, 0.15) is 0 Å². The van der Waals surface area contributed by atoms with E-state index in [1.165, 1.54) is 29.5 Å². The Morgan fingerprint density at radius 3 is 2.34 bits per heavy atom. The van der Waals surface area contributed by atoms with Crippen LogP contribution in [0.4, 0.5) is 0 Å². The van der Waals surface area contributed by atoms with Gasteiger partial charge in [-0.3, -0.25) is 9.69 Å². The summed E-state index contributed by atoms with van der Waals surface area (Å²) in [6, 6.07) is 14.8. The Morgan fingerprint density at radius 1 is 1.06 bits per heavy atom. The van der Waals surface area contributed by atoms with Gasteiger partial charge in [0, 0.05) is 18.3 Å². The van der Waals surface area contributed by atoms with Gasteiger partial charge in [-0.15, -0.1) is 0 Å². The van der Waals surface area contributed by atoms with Crippen LogP contribution < -0.4 is 5.73 Å². The summed E-state index contributed by atoms with van der Waals surface area (Å²) in [5.74, 6) is -0.394. The van der Waals surface area contributed by atoms with Crippen LogP contribution in [-0.4, -0.2) is 27.3 Å². The van der Waals surface area contributed by atoms with E-state index in [1.807, 2.05) is 30.5 Å². The standard InChI is InChI=1S/C30H42N4O/c1-6-8-10-24-18-25(30(3,4)5)15-16-26(24)28(27-19-32-21-33-27)34(17-9-7-2)20-22-11-13-23(14-12-22)29(31)35/h11-16,18-19,21,28H,6-10,17,20H2,1-5H3,(H2,31,35)(H,32,33). The largest absolute Gasteiger partial charge is 0.366 e. The predicted octanol–water partition coefficient (Wildman–Crippen LogP) is 6.54. The Kier molecular flexibility index (Phi) is 9.27. The van der Waals surface area contributed by atoms with Gasteiger partial charge in [-0.25, -0.2) is 4.98 Å². The molecule has 1 atom stereocenters. The van der Waals surface area contributed by atoms with Gasteiger partial charge in [0.05, 0.1) is 18.1 Å². The van der Waals surface area contributed by atoms with E-state index in [1.54, 1.807) is 6.33 Å². The summed E-state index contributed by atoms with van der Waals surface area (Å²) >= 11 is 0. The Hall–Kier alpha value is -2.92. The summed E-state index contributed by atoms with van der Waals surface area (Å²) < 4.78 is 0. The molecule has 1 heterocycles. The lowest BCUT2D eigenvalue weighted by Crippen LogP contribution is -2.31. The van der Waals surface area contributed by atoms with Crippen molar-refractivity contribution >= 4 is 5.91 Å². The molecule has 0 aliphatic carbocycles. The first kappa shape index (κ1) is 26.7. The molecule has 3 aromatic rings. The van der Waals surface area contributed by atoms with Crippen molar-refractivity contribution in [3.63, 3.8) is 0 Å². The average molecular weight is 475 g/mol. The first-order valence-electron chi connectivity index (χ1n) is 13.0. The topological polar surface area (TPSA) is 75.0 Å². The molecule has 188 valence electrons. The number of carbonyl (C=O) groups is 1. The predicted molar refractivity (Wildman–Crippen MR) is 144 cm³/mol. The van der Waals surface area contributed by atoms with Gasteiger partial charge in [0.15, 0.2) is 0 Å². The van der Waals surface area contributed by atoms with Crippen molar-refractivity contribution in [3.05, 3.63) is 88.5 Å². The van der Waals surface area contributed by atoms with E-state index in [0.29, 0.717) is 5.56 Å². The summed E-state index contributed by atoms with van der Waals surface area (Å²) in [4.78, 5) is 21.9. The lowest BCUT2D eigenvalue weighted by molar-refractivity contribution is 0.1000. The maximum absolute atomic E-state index is 11.5. The number of aromatic amines is 1. The minimum Gasteiger partial charge on any atom is -0.366 e. The molecule has 0 spiro atoms. The van der Waals surface area contributed by atoms with Gasteiger partial charge in [0.2, 0.25) is 5.91 Å². The molecule has 0 saturated carbocycles. The molecule has 35 heavy (non-hydrogen) atoms. The summed E-state index contributed by atoms with van der Waals surface area (Å²) in [6.45, 7) is 13.1. The first-order chi connectivity index (χ1) is 16.7. The fraction of sp³-hybridized carbons (Fsp3) is 0.467. The van der Waals surface area contributed by atoms with E-state index in [-0.39, 0.29) is 11.5 Å².